The molecular weight excluding hydrogens is 343 g/mol. The number of piperidine rings is 1. The molecule has 1 N–H and O–H groups in total. The first-order valence-electron chi connectivity index (χ1n) is 9.35. The molecule has 0 aliphatic carbocycles. The number of aromatic nitrogens is 3. The Hall–Kier alpha value is -2.73. The van der Waals surface area contributed by atoms with Crippen LogP contribution in [0.1, 0.15) is 35.9 Å². The lowest BCUT2D eigenvalue weighted by atomic mass is 9.98. The topological polar surface area (TPSA) is 55.4 Å². The summed E-state index contributed by atoms with van der Waals surface area (Å²) < 4.78 is 22.7. The van der Waals surface area contributed by atoms with Crippen molar-refractivity contribution in [2.75, 3.05) is 13.1 Å². The monoisotopic (exact) mass is 364 g/mol. The first kappa shape index (κ1) is 16.4. The van der Waals surface area contributed by atoms with Crippen molar-refractivity contribution in [1.82, 2.24) is 19.7 Å². The molecule has 0 radical (unpaired) electrons. The lowest BCUT2D eigenvalue weighted by Gasteiger charge is -2.19. The molecule has 1 aliphatic rings. The molecule has 4 aromatic rings. The highest BCUT2D eigenvalue weighted by Gasteiger charge is 2.22. The Morgan fingerprint density at radius 3 is 2.70 bits per heavy atom. The number of rotatable bonds is 2. The van der Waals surface area contributed by atoms with Crippen LogP contribution < -0.4 is 5.32 Å². The van der Waals surface area contributed by atoms with Gasteiger partial charge < -0.3 is 14.1 Å². The molecule has 1 aliphatic heterocycles. The molecule has 3 aromatic heterocycles. The number of nitrogens with zero attached hydrogens (tertiary/aromatic N) is 3. The average Bonchev–Trinajstić information content (AvgIpc) is 3.26. The lowest BCUT2D eigenvalue weighted by Crippen LogP contribution is -2.26. The molecule has 5 rings (SSSR count). The number of aryl methyl sites for hydroxylation is 2. The van der Waals surface area contributed by atoms with Gasteiger partial charge in [-0.15, -0.1) is 0 Å². The maximum Gasteiger partial charge on any atom is 0.198 e. The molecule has 0 bridgehead atoms. The van der Waals surface area contributed by atoms with Gasteiger partial charge in [0.25, 0.3) is 0 Å². The highest BCUT2D eigenvalue weighted by molar-refractivity contribution is 5.81. The molecule has 0 saturated carbocycles. The first-order chi connectivity index (χ1) is 13.1. The number of imidazole rings is 1. The third kappa shape index (κ3) is 2.80. The van der Waals surface area contributed by atoms with Gasteiger partial charge in [-0.1, -0.05) is 0 Å². The summed E-state index contributed by atoms with van der Waals surface area (Å²) >= 11 is 0. The molecule has 5 nitrogen and oxygen atoms in total. The van der Waals surface area contributed by atoms with Gasteiger partial charge in [-0.2, -0.15) is 0 Å². The predicted octanol–water partition coefficient (Wildman–Crippen LogP) is 4.37. The number of pyridine rings is 1. The minimum atomic E-state index is -0.342. The van der Waals surface area contributed by atoms with Crippen molar-refractivity contribution in [2.24, 2.45) is 0 Å². The Balaban J connectivity index is 1.61. The van der Waals surface area contributed by atoms with E-state index in [9.17, 15) is 4.39 Å². The molecule has 0 spiro atoms. The normalized spacial score (nSPS) is 15.8. The number of hydrogen-bond acceptors (Lipinski definition) is 4. The Kier molecular flexibility index (Phi) is 3.75. The maximum atomic E-state index is 14.8. The zero-order valence-electron chi connectivity index (χ0n) is 15.4. The van der Waals surface area contributed by atoms with Crippen molar-refractivity contribution in [2.45, 2.75) is 32.6 Å². The molecule has 1 aromatic carbocycles. The van der Waals surface area contributed by atoms with Crippen molar-refractivity contribution in [3.05, 3.63) is 53.6 Å². The minimum absolute atomic E-state index is 0.258. The maximum absolute atomic E-state index is 14.8. The van der Waals surface area contributed by atoms with Gasteiger partial charge in [0.05, 0.1) is 5.69 Å². The van der Waals surface area contributed by atoms with Crippen LogP contribution in [0.5, 0.6) is 0 Å². The summed E-state index contributed by atoms with van der Waals surface area (Å²) in [4.78, 5) is 8.98. The second kappa shape index (κ2) is 6.16. The lowest BCUT2D eigenvalue weighted by molar-refractivity contribution is 0.385. The molecule has 27 heavy (non-hydrogen) atoms. The number of halogens is 1. The fourth-order valence-electron chi connectivity index (χ4n) is 3.97. The van der Waals surface area contributed by atoms with Crippen molar-refractivity contribution < 1.29 is 8.81 Å². The third-order valence-corrected chi connectivity index (χ3v) is 5.34. The quantitative estimate of drug-likeness (QED) is 0.574. The number of hydrogen-bond donors (Lipinski definition) is 1. The van der Waals surface area contributed by atoms with E-state index in [0.29, 0.717) is 17.0 Å². The van der Waals surface area contributed by atoms with Crippen LogP contribution in [-0.2, 0) is 0 Å². The van der Waals surface area contributed by atoms with Crippen LogP contribution in [0.3, 0.4) is 0 Å². The van der Waals surface area contributed by atoms with Gasteiger partial charge in [0.2, 0.25) is 0 Å². The van der Waals surface area contributed by atoms with Gasteiger partial charge >= 0.3 is 0 Å². The van der Waals surface area contributed by atoms with E-state index >= 15 is 0 Å². The van der Waals surface area contributed by atoms with Gasteiger partial charge in [0, 0.05) is 18.3 Å². The van der Waals surface area contributed by atoms with Gasteiger partial charge in [0.15, 0.2) is 17.3 Å². The van der Waals surface area contributed by atoms with Crippen LogP contribution in [0.2, 0.25) is 0 Å². The molecule has 138 valence electrons. The van der Waals surface area contributed by atoms with Gasteiger partial charge in [-0.05, 0) is 74.7 Å². The molecule has 1 saturated heterocycles. The number of oxazole rings is 1. The Morgan fingerprint density at radius 2 is 1.89 bits per heavy atom. The summed E-state index contributed by atoms with van der Waals surface area (Å²) in [5.74, 6) is 0.569. The molecule has 0 amide bonds. The van der Waals surface area contributed by atoms with E-state index in [1.165, 1.54) is 0 Å². The van der Waals surface area contributed by atoms with Gasteiger partial charge in [0.1, 0.15) is 11.2 Å². The van der Waals surface area contributed by atoms with Crippen LogP contribution in [0.25, 0.3) is 27.9 Å². The van der Waals surface area contributed by atoms with Crippen LogP contribution in [-0.4, -0.2) is 27.5 Å². The highest BCUT2D eigenvalue weighted by Crippen LogP contribution is 2.32. The number of benzene rings is 1. The van der Waals surface area contributed by atoms with E-state index in [0.717, 1.165) is 54.0 Å². The highest BCUT2D eigenvalue weighted by atomic mass is 19.1. The summed E-state index contributed by atoms with van der Waals surface area (Å²) in [7, 11) is 0. The molecule has 0 atom stereocenters. The van der Waals surface area contributed by atoms with Crippen LogP contribution in [0.4, 0.5) is 4.39 Å². The number of fused-ring (bicyclic) bond motifs is 2. The van der Waals surface area contributed by atoms with Crippen LogP contribution >= 0.6 is 0 Å². The second-order valence-electron chi connectivity index (χ2n) is 7.41. The van der Waals surface area contributed by atoms with Crippen molar-refractivity contribution in [3.63, 3.8) is 0 Å². The number of nitrogens with one attached hydrogen (secondary N) is 1. The summed E-state index contributed by atoms with van der Waals surface area (Å²) in [6.07, 6.45) is 5.89. The first-order valence-corrected chi connectivity index (χ1v) is 9.35. The van der Waals surface area contributed by atoms with Crippen molar-refractivity contribution in [1.29, 1.82) is 0 Å². The Morgan fingerprint density at radius 1 is 1.07 bits per heavy atom. The van der Waals surface area contributed by atoms with E-state index in [1.807, 2.05) is 42.8 Å². The largest absolute Gasteiger partial charge is 0.440 e. The smallest absolute Gasteiger partial charge is 0.198 e. The summed E-state index contributed by atoms with van der Waals surface area (Å²) in [6, 6.07) is 5.47. The Bertz CT molecular complexity index is 1150. The van der Waals surface area contributed by atoms with Gasteiger partial charge in [-0.25, -0.2) is 14.4 Å². The van der Waals surface area contributed by atoms with Crippen LogP contribution in [0, 0.1) is 19.7 Å². The fourth-order valence-corrected chi connectivity index (χ4v) is 3.97. The van der Waals surface area contributed by atoms with Crippen molar-refractivity contribution in [3.8, 4) is 11.1 Å². The third-order valence-electron chi connectivity index (χ3n) is 5.34. The van der Waals surface area contributed by atoms with E-state index in [1.54, 1.807) is 6.07 Å². The van der Waals surface area contributed by atoms with Crippen molar-refractivity contribution >= 4 is 16.7 Å². The Labute approximate surface area is 156 Å². The standard InChI is InChI=1S/C21H21FN4O/c1-12-7-16(11-26-10-13(2)24-20(12)26)15-8-17(22)19-18(9-15)27-21(25-19)14-3-5-23-6-4-14/h7-11,14,23H,3-6H2,1-2H3. The van der Waals surface area contributed by atoms with E-state index < -0.39 is 0 Å². The molecule has 1 fully saturated rings. The minimum Gasteiger partial charge on any atom is -0.440 e. The molecule has 6 heteroatoms. The second-order valence-corrected chi connectivity index (χ2v) is 7.41. The summed E-state index contributed by atoms with van der Waals surface area (Å²) in [6.45, 7) is 5.87. The SMILES string of the molecule is Cc1cn2cc(-c3cc(F)c4nc(C5CCNCC5)oc4c3)cc(C)c2n1. The van der Waals surface area contributed by atoms with E-state index in [4.69, 9.17) is 4.42 Å². The zero-order chi connectivity index (χ0) is 18.5. The average molecular weight is 364 g/mol. The molecule has 0 unspecified atom stereocenters. The van der Waals surface area contributed by atoms with E-state index in [-0.39, 0.29) is 11.7 Å². The molecule has 4 heterocycles. The summed E-state index contributed by atoms with van der Waals surface area (Å²) in [5, 5.41) is 3.33. The van der Waals surface area contributed by atoms with E-state index in [2.05, 4.69) is 15.3 Å². The zero-order valence-corrected chi connectivity index (χ0v) is 15.4. The predicted molar refractivity (Wildman–Crippen MR) is 102 cm³/mol. The summed E-state index contributed by atoms with van der Waals surface area (Å²) in [5.41, 5.74) is 5.47. The fraction of sp³-hybridized carbons (Fsp3) is 0.333. The van der Waals surface area contributed by atoms with Gasteiger partial charge in [-0.3, -0.25) is 0 Å². The van der Waals surface area contributed by atoms with Crippen LogP contribution in [0.15, 0.2) is 35.0 Å². The molecular formula is C21H21FN4O.